The van der Waals surface area contributed by atoms with Gasteiger partial charge in [0.2, 0.25) is 0 Å². The lowest BCUT2D eigenvalue weighted by Gasteiger charge is -2.73. The first-order valence-electron chi connectivity index (χ1n) is 16.0. The van der Waals surface area contributed by atoms with Crippen molar-refractivity contribution >= 4 is 5.97 Å². The minimum absolute atomic E-state index is 0.217. The molecule has 0 radical (unpaired) electrons. The fraction of sp³-hybridized carbons (Fsp3) is 0.800. The lowest BCUT2D eigenvalue weighted by atomic mass is 9.32. The van der Waals surface area contributed by atoms with Gasteiger partial charge < -0.3 is 10.4 Å². The molecule has 210 valence electrons. The van der Waals surface area contributed by atoms with Crippen LogP contribution in [0.1, 0.15) is 134 Å². The molecular formula is C35H53NO2. The number of fused-ring (bicyclic) bond motifs is 7. The molecular weight excluding hydrogens is 466 g/mol. The number of carboxylic acids is 1. The van der Waals surface area contributed by atoms with E-state index < -0.39 is 5.97 Å². The van der Waals surface area contributed by atoms with Gasteiger partial charge in [0.25, 0.3) is 0 Å². The number of rotatable bonds is 4. The lowest BCUT2D eigenvalue weighted by molar-refractivity contribution is -0.231. The topological polar surface area (TPSA) is 49.3 Å². The van der Waals surface area contributed by atoms with E-state index in [4.69, 9.17) is 0 Å². The van der Waals surface area contributed by atoms with Crippen molar-refractivity contribution < 1.29 is 9.90 Å². The van der Waals surface area contributed by atoms with Gasteiger partial charge >= 0.3 is 5.97 Å². The number of benzene rings is 1. The first-order valence-corrected chi connectivity index (χ1v) is 16.0. The molecule has 0 aromatic heterocycles. The van der Waals surface area contributed by atoms with Gasteiger partial charge in [-0.25, -0.2) is 4.79 Å². The molecule has 0 spiro atoms. The summed E-state index contributed by atoms with van der Waals surface area (Å²) in [6.45, 7) is 16.7. The molecule has 0 saturated heterocycles. The Morgan fingerprint density at radius 3 is 2.24 bits per heavy atom. The Morgan fingerprint density at radius 2 is 1.55 bits per heavy atom. The predicted octanol–water partition coefficient (Wildman–Crippen LogP) is 8.69. The molecule has 38 heavy (non-hydrogen) atoms. The van der Waals surface area contributed by atoms with E-state index in [2.05, 4.69) is 59.0 Å². The SMILES string of the molecule is CCN[C@]12CCC[C@@H]1[C@H]1CCC3[C@@]4(C)CC[C@@H](c5ccc(C(=O)O)cc5)C(C)(C)C4CC[C@@]3(C)[C@]1(C)CC2. The molecule has 3 heteroatoms. The smallest absolute Gasteiger partial charge is 0.335 e. The Morgan fingerprint density at radius 1 is 0.816 bits per heavy atom. The fourth-order valence-electron chi connectivity index (χ4n) is 12.7. The Balaban J connectivity index is 1.30. The average Bonchev–Trinajstić information content (AvgIpc) is 3.28. The monoisotopic (exact) mass is 519 g/mol. The van der Waals surface area contributed by atoms with Crippen molar-refractivity contribution in [3.8, 4) is 0 Å². The summed E-state index contributed by atoms with van der Waals surface area (Å²) >= 11 is 0. The number of carboxylic acid groups (broad SMARTS) is 1. The molecule has 0 bridgehead atoms. The van der Waals surface area contributed by atoms with E-state index >= 15 is 0 Å². The van der Waals surface area contributed by atoms with Crippen LogP contribution in [0, 0.1) is 45.3 Å². The molecule has 5 aliphatic carbocycles. The fourth-order valence-corrected chi connectivity index (χ4v) is 12.7. The molecule has 9 atom stereocenters. The Hall–Kier alpha value is -1.35. The minimum atomic E-state index is -0.828. The summed E-state index contributed by atoms with van der Waals surface area (Å²) in [6.07, 6.45) is 15.2. The van der Waals surface area contributed by atoms with Crippen LogP contribution in [0.3, 0.4) is 0 Å². The van der Waals surface area contributed by atoms with Crippen molar-refractivity contribution in [3.63, 3.8) is 0 Å². The van der Waals surface area contributed by atoms with Gasteiger partial charge in [0.1, 0.15) is 0 Å². The normalized spacial score (nSPS) is 47.4. The zero-order valence-electron chi connectivity index (χ0n) is 25.0. The molecule has 0 amide bonds. The molecule has 1 aromatic carbocycles. The Labute approximate surface area is 231 Å². The van der Waals surface area contributed by atoms with E-state index in [1.54, 1.807) is 0 Å². The van der Waals surface area contributed by atoms with E-state index in [1.165, 1.54) is 76.2 Å². The third-order valence-electron chi connectivity index (χ3n) is 14.5. The minimum Gasteiger partial charge on any atom is -0.478 e. The number of hydrogen-bond donors (Lipinski definition) is 2. The van der Waals surface area contributed by atoms with Crippen LogP contribution >= 0.6 is 0 Å². The van der Waals surface area contributed by atoms with E-state index in [0.717, 1.165) is 30.2 Å². The third-order valence-corrected chi connectivity index (χ3v) is 14.5. The summed E-state index contributed by atoms with van der Waals surface area (Å²) in [4.78, 5) is 11.4. The van der Waals surface area contributed by atoms with Gasteiger partial charge in [-0.1, -0.05) is 60.1 Å². The predicted molar refractivity (Wildman–Crippen MR) is 155 cm³/mol. The summed E-state index contributed by atoms with van der Waals surface area (Å²) in [5.41, 5.74) is 3.69. The van der Waals surface area contributed by atoms with Gasteiger partial charge in [-0.2, -0.15) is 0 Å². The van der Waals surface area contributed by atoms with Crippen molar-refractivity contribution in [1.29, 1.82) is 0 Å². The molecule has 0 aliphatic heterocycles. The van der Waals surface area contributed by atoms with Gasteiger partial charge in [0.15, 0.2) is 0 Å². The molecule has 5 saturated carbocycles. The summed E-state index contributed by atoms with van der Waals surface area (Å²) in [7, 11) is 0. The highest BCUT2D eigenvalue weighted by atomic mass is 16.4. The average molecular weight is 520 g/mol. The van der Waals surface area contributed by atoms with Crippen LogP contribution in [-0.4, -0.2) is 23.2 Å². The molecule has 3 nitrogen and oxygen atoms in total. The zero-order chi connectivity index (χ0) is 27.1. The lowest BCUT2D eigenvalue weighted by Crippen LogP contribution is -2.67. The maximum atomic E-state index is 11.4. The quantitative estimate of drug-likeness (QED) is 0.418. The van der Waals surface area contributed by atoms with Gasteiger partial charge in [0, 0.05) is 5.54 Å². The second-order valence-electron chi connectivity index (χ2n) is 15.7. The summed E-state index contributed by atoms with van der Waals surface area (Å²) in [5.74, 6) is 2.99. The van der Waals surface area contributed by atoms with Crippen LogP contribution in [0.25, 0.3) is 0 Å². The summed E-state index contributed by atoms with van der Waals surface area (Å²) in [6, 6.07) is 7.86. The van der Waals surface area contributed by atoms with Crippen molar-refractivity contribution in [2.75, 3.05) is 6.54 Å². The van der Waals surface area contributed by atoms with Crippen molar-refractivity contribution in [3.05, 3.63) is 35.4 Å². The van der Waals surface area contributed by atoms with Gasteiger partial charge in [0.05, 0.1) is 5.56 Å². The van der Waals surface area contributed by atoms with Crippen molar-refractivity contribution in [2.45, 2.75) is 124 Å². The van der Waals surface area contributed by atoms with E-state index in [9.17, 15) is 9.90 Å². The number of carbonyl (C=O) groups is 1. The van der Waals surface area contributed by atoms with Gasteiger partial charge in [-0.05, 0) is 140 Å². The molecule has 6 rings (SSSR count). The van der Waals surface area contributed by atoms with Crippen molar-refractivity contribution in [1.82, 2.24) is 5.32 Å². The van der Waals surface area contributed by atoms with E-state index in [-0.39, 0.29) is 5.41 Å². The second kappa shape index (κ2) is 8.82. The zero-order valence-corrected chi connectivity index (χ0v) is 25.0. The summed E-state index contributed by atoms with van der Waals surface area (Å²) in [5, 5.41) is 13.5. The molecule has 2 N–H and O–H groups in total. The van der Waals surface area contributed by atoms with E-state index in [1.807, 2.05) is 12.1 Å². The first-order chi connectivity index (χ1) is 17.9. The van der Waals surface area contributed by atoms with Crippen molar-refractivity contribution in [2.24, 2.45) is 45.3 Å². The molecule has 0 heterocycles. The maximum Gasteiger partial charge on any atom is 0.335 e. The largest absolute Gasteiger partial charge is 0.478 e. The molecule has 2 unspecified atom stereocenters. The number of hydrogen-bond acceptors (Lipinski definition) is 2. The van der Waals surface area contributed by atoms with Gasteiger partial charge in [-0.3, -0.25) is 0 Å². The standard InChI is InChI=1S/C35H53NO2/c1-7-36-35-18-8-9-27(35)26-14-15-29-32(4)19-16-25(23-10-12-24(13-11-23)30(37)38)31(2,3)28(32)17-20-34(29,6)33(26,5)21-22-35/h10-13,25-29,36H,7-9,14-22H2,1-6H3,(H,37,38)/t25-,26+,27+,28?,29?,32-,33+,34+,35-/m0/s1. The number of nitrogens with one attached hydrogen (secondary N) is 1. The highest BCUT2D eigenvalue weighted by molar-refractivity contribution is 5.87. The number of aromatic carboxylic acids is 1. The highest BCUT2D eigenvalue weighted by Gasteiger charge is 2.69. The van der Waals surface area contributed by atoms with Crippen LogP contribution in [-0.2, 0) is 0 Å². The second-order valence-corrected chi connectivity index (χ2v) is 15.7. The van der Waals surface area contributed by atoms with Crippen LogP contribution in [0.15, 0.2) is 24.3 Å². The van der Waals surface area contributed by atoms with Crippen LogP contribution in [0.5, 0.6) is 0 Å². The summed E-state index contributed by atoms with van der Waals surface area (Å²) < 4.78 is 0. The third kappa shape index (κ3) is 3.45. The highest BCUT2D eigenvalue weighted by Crippen LogP contribution is 2.76. The van der Waals surface area contributed by atoms with Crippen LogP contribution < -0.4 is 5.32 Å². The van der Waals surface area contributed by atoms with Crippen LogP contribution in [0.2, 0.25) is 0 Å². The molecule has 5 aliphatic rings. The van der Waals surface area contributed by atoms with Gasteiger partial charge in [-0.15, -0.1) is 0 Å². The molecule has 5 fully saturated rings. The van der Waals surface area contributed by atoms with Crippen LogP contribution in [0.4, 0.5) is 0 Å². The Kier molecular flexibility index (Phi) is 6.23. The maximum absolute atomic E-state index is 11.4. The Bertz CT molecular complexity index is 1080. The first kappa shape index (κ1) is 26.9. The molecule has 1 aromatic rings. The van der Waals surface area contributed by atoms with E-state index in [0.29, 0.717) is 33.3 Å².